The highest BCUT2D eigenvalue weighted by Crippen LogP contribution is 2.39. The number of carbonyl (C=O) groups is 1. The van der Waals surface area contributed by atoms with Crippen molar-refractivity contribution in [3.8, 4) is 11.3 Å². The number of nitrogens with zero attached hydrogens (tertiary/aromatic N) is 3. The normalized spacial score (nSPS) is 13.5. The number of imidazole rings is 1. The van der Waals surface area contributed by atoms with Crippen molar-refractivity contribution in [3.63, 3.8) is 0 Å². The Kier molecular flexibility index (Phi) is 8.38. The molecule has 2 N–H and O–H groups in total. The largest absolute Gasteiger partial charge is 0.332 e. The summed E-state index contributed by atoms with van der Waals surface area (Å²) in [4.78, 5) is 19.3. The van der Waals surface area contributed by atoms with Crippen LogP contribution in [-0.4, -0.2) is 39.6 Å². The van der Waals surface area contributed by atoms with Gasteiger partial charge in [-0.2, -0.15) is 0 Å². The number of carbonyl (C=O) groups excluding carboxylic acids is 1. The predicted octanol–water partition coefficient (Wildman–Crippen LogP) is 5.50. The van der Waals surface area contributed by atoms with Crippen LogP contribution in [0.3, 0.4) is 0 Å². The van der Waals surface area contributed by atoms with Gasteiger partial charge >= 0.3 is 0 Å². The zero-order chi connectivity index (χ0) is 25.8. The average molecular weight is 487 g/mol. The first-order chi connectivity index (χ1) is 16.5. The maximum absolute atomic E-state index is 14.0. The molecular formula is C27H33F3N4O. The fourth-order valence-electron chi connectivity index (χ4n) is 4.24. The quantitative estimate of drug-likeness (QED) is 0.434. The molecule has 5 nitrogen and oxygen atoms in total. The zero-order valence-corrected chi connectivity index (χ0v) is 20.6. The molecule has 0 radical (unpaired) electrons. The van der Waals surface area contributed by atoms with Crippen molar-refractivity contribution < 1.29 is 18.0 Å². The molecule has 0 aliphatic rings. The van der Waals surface area contributed by atoms with Gasteiger partial charge in [-0.3, -0.25) is 4.79 Å². The molecule has 2 atom stereocenters. The van der Waals surface area contributed by atoms with Crippen LogP contribution >= 0.6 is 0 Å². The Hall–Kier alpha value is -3.13. The highest BCUT2D eigenvalue weighted by atomic mass is 19.1. The summed E-state index contributed by atoms with van der Waals surface area (Å²) < 4.78 is 42.8. The third kappa shape index (κ3) is 6.72. The number of rotatable bonds is 9. The van der Waals surface area contributed by atoms with Crippen LogP contribution in [0.4, 0.5) is 13.2 Å². The van der Waals surface area contributed by atoms with Gasteiger partial charge in [-0.05, 0) is 41.7 Å². The van der Waals surface area contributed by atoms with E-state index < -0.39 is 24.2 Å². The molecule has 0 aliphatic carbocycles. The van der Waals surface area contributed by atoms with Gasteiger partial charge in [-0.15, -0.1) is 0 Å². The monoisotopic (exact) mass is 486 g/mol. The van der Waals surface area contributed by atoms with Gasteiger partial charge in [0.05, 0.1) is 11.7 Å². The van der Waals surface area contributed by atoms with Crippen molar-refractivity contribution in [1.29, 1.82) is 0 Å². The van der Waals surface area contributed by atoms with E-state index in [0.29, 0.717) is 30.0 Å². The average Bonchev–Trinajstić information content (AvgIpc) is 3.18. The maximum Gasteiger partial charge on any atom is 0.220 e. The molecule has 2 unspecified atom stereocenters. The number of nitrogens with two attached hydrogens (primary N) is 1. The highest BCUT2D eigenvalue weighted by Gasteiger charge is 2.37. The first-order valence-electron chi connectivity index (χ1n) is 11.7. The smallest absolute Gasteiger partial charge is 0.220 e. The van der Waals surface area contributed by atoms with Gasteiger partial charge in [0.15, 0.2) is 0 Å². The van der Waals surface area contributed by atoms with E-state index in [-0.39, 0.29) is 24.1 Å². The fraction of sp³-hybridized carbons (Fsp3) is 0.407. The summed E-state index contributed by atoms with van der Waals surface area (Å²) in [5.41, 5.74) is 7.19. The number of hydrogen-bond donors (Lipinski definition) is 1. The van der Waals surface area contributed by atoms with Crippen LogP contribution in [0.5, 0.6) is 0 Å². The molecule has 0 fully saturated rings. The fourth-order valence-corrected chi connectivity index (χ4v) is 4.24. The first-order valence-corrected chi connectivity index (χ1v) is 11.7. The molecule has 1 amide bonds. The Bertz CT molecular complexity index is 1160. The van der Waals surface area contributed by atoms with E-state index in [0.717, 1.165) is 5.56 Å². The second kappa shape index (κ2) is 11.1. The minimum atomic E-state index is -0.677. The molecule has 0 spiro atoms. The standard InChI is InChI=1S/C27H33F3N4O/c1-18(35)34(12-11-23(31)15-28)25(27(2,3)4)26-32-24(20-8-6-10-22(30)14-20)17-33(26)16-19-7-5-9-21(29)13-19/h5-10,13-14,17,23,25H,11-12,15-16,31H2,1-4H3. The Labute approximate surface area is 204 Å². The third-order valence-corrected chi connectivity index (χ3v) is 5.89. The lowest BCUT2D eigenvalue weighted by molar-refractivity contribution is -0.134. The van der Waals surface area contributed by atoms with E-state index in [4.69, 9.17) is 10.7 Å². The van der Waals surface area contributed by atoms with Crippen LogP contribution in [0.1, 0.15) is 51.5 Å². The summed E-state index contributed by atoms with van der Waals surface area (Å²) in [6, 6.07) is 11.2. The van der Waals surface area contributed by atoms with Crippen LogP contribution in [0.15, 0.2) is 54.7 Å². The van der Waals surface area contributed by atoms with Gasteiger partial charge in [0.25, 0.3) is 0 Å². The molecule has 2 aromatic carbocycles. The van der Waals surface area contributed by atoms with E-state index in [1.54, 1.807) is 29.3 Å². The maximum atomic E-state index is 14.0. The molecule has 0 bridgehead atoms. The number of amides is 1. The van der Waals surface area contributed by atoms with Crippen LogP contribution < -0.4 is 5.73 Å². The number of halogens is 3. The lowest BCUT2D eigenvalue weighted by atomic mass is 9.84. The predicted molar refractivity (Wildman–Crippen MR) is 131 cm³/mol. The van der Waals surface area contributed by atoms with Crippen LogP contribution in [-0.2, 0) is 11.3 Å². The minimum absolute atomic E-state index is 0.191. The van der Waals surface area contributed by atoms with Crippen LogP contribution in [0.2, 0.25) is 0 Å². The molecule has 3 rings (SSSR count). The second-order valence-corrected chi connectivity index (χ2v) is 9.94. The van der Waals surface area contributed by atoms with Gasteiger partial charge in [-0.1, -0.05) is 45.0 Å². The Morgan fingerprint density at radius 2 is 1.77 bits per heavy atom. The highest BCUT2D eigenvalue weighted by molar-refractivity contribution is 5.74. The Balaban J connectivity index is 2.14. The molecule has 1 aromatic heterocycles. The van der Waals surface area contributed by atoms with Gasteiger partial charge in [0.2, 0.25) is 5.91 Å². The summed E-state index contributed by atoms with van der Waals surface area (Å²) in [7, 11) is 0. The van der Waals surface area contributed by atoms with Crippen molar-refractivity contribution in [2.45, 2.75) is 52.7 Å². The van der Waals surface area contributed by atoms with Crippen molar-refractivity contribution in [2.75, 3.05) is 13.2 Å². The van der Waals surface area contributed by atoms with Crippen molar-refractivity contribution in [3.05, 3.63) is 77.8 Å². The van der Waals surface area contributed by atoms with Crippen LogP contribution in [0.25, 0.3) is 11.3 Å². The number of benzene rings is 2. The van der Waals surface area contributed by atoms with E-state index >= 15 is 0 Å². The molecular weight excluding hydrogens is 453 g/mol. The van der Waals surface area contributed by atoms with Gasteiger partial charge in [0, 0.05) is 37.8 Å². The van der Waals surface area contributed by atoms with E-state index in [1.807, 2.05) is 31.4 Å². The molecule has 0 aliphatic heterocycles. The summed E-state index contributed by atoms with van der Waals surface area (Å²) >= 11 is 0. The van der Waals surface area contributed by atoms with E-state index in [1.165, 1.54) is 31.2 Å². The van der Waals surface area contributed by atoms with E-state index in [2.05, 4.69) is 0 Å². The Morgan fingerprint density at radius 1 is 1.11 bits per heavy atom. The van der Waals surface area contributed by atoms with Crippen LogP contribution in [0, 0.1) is 17.0 Å². The Morgan fingerprint density at radius 3 is 2.34 bits per heavy atom. The minimum Gasteiger partial charge on any atom is -0.332 e. The first kappa shape index (κ1) is 26.5. The molecule has 0 saturated carbocycles. The summed E-state index contributed by atoms with van der Waals surface area (Å²) in [6.07, 6.45) is 2.09. The van der Waals surface area contributed by atoms with Crippen molar-refractivity contribution in [1.82, 2.24) is 14.5 Å². The van der Waals surface area contributed by atoms with Gasteiger partial charge in [0.1, 0.15) is 24.1 Å². The van der Waals surface area contributed by atoms with Gasteiger partial charge in [-0.25, -0.2) is 18.2 Å². The zero-order valence-electron chi connectivity index (χ0n) is 20.6. The topological polar surface area (TPSA) is 64.2 Å². The molecule has 0 saturated heterocycles. The number of aromatic nitrogens is 2. The summed E-state index contributed by atoms with van der Waals surface area (Å²) in [5, 5.41) is 0. The lowest BCUT2D eigenvalue weighted by Crippen LogP contribution is -2.43. The SMILES string of the molecule is CC(=O)N(CCC(N)CF)C(c1nc(-c2cccc(F)c2)cn1Cc1cccc(F)c1)C(C)(C)C. The molecule has 188 valence electrons. The third-order valence-electron chi connectivity index (χ3n) is 5.89. The van der Waals surface area contributed by atoms with E-state index in [9.17, 15) is 18.0 Å². The van der Waals surface area contributed by atoms with Crippen molar-refractivity contribution >= 4 is 5.91 Å². The summed E-state index contributed by atoms with van der Waals surface area (Å²) in [6.45, 7) is 7.32. The van der Waals surface area contributed by atoms with Crippen molar-refractivity contribution in [2.24, 2.45) is 11.1 Å². The molecule has 8 heteroatoms. The summed E-state index contributed by atoms with van der Waals surface area (Å²) in [5.74, 6) is -0.359. The number of alkyl halides is 1. The molecule has 35 heavy (non-hydrogen) atoms. The second-order valence-electron chi connectivity index (χ2n) is 9.94. The lowest BCUT2D eigenvalue weighted by Gasteiger charge is -2.40. The molecule has 1 heterocycles. The number of hydrogen-bond acceptors (Lipinski definition) is 3. The van der Waals surface area contributed by atoms with Gasteiger partial charge < -0.3 is 15.2 Å². The molecule has 3 aromatic rings.